The Morgan fingerprint density at radius 3 is 2.21 bits per heavy atom. The number of halogens is 4. The molecule has 160 valence electrons. The van der Waals surface area contributed by atoms with E-state index in [1.807, 2.05) is 0 Å². The highest BCUT2D eigenvalue weighted by atomic mass is 79.9. The molecular formula is C19H27BrF3NO3S. The van der Waals surface area contributed by atoms with Crippen LogP contribution in [0.5, 0.6) is 0 Å². The van der Waals surface area contributed by atoms with Gasteiger partial charge in [-0.1, -0.05) is 22.9 Å². The van der Waals surface area contributed by atoms with E-state index in [1.165, 1.54) is 4.31 Å². The third-order valence-corrected chi connectivity index (χ3v) is 7.63. The fourth-order valence-electron chi connectivity index (χ4n) is 3.52. The van der Waals surface area contributed by atoms with E-state index in [1.54, 1.807) is 6.92 Å². The summed E-state index contributed by atoms with van der Waals surface area (Å²) in [4.78, 5) is -0.101. The molecule has 0 amide bonds. The van der Waals surface area contributed by atoms with Gasteiger partial charge in [-0.2, -0.15) is 17.5 Å². The molecule has 0 unspecified atom stereocenters. The number of ether oxygens (including phenoxy) is 1. The molecule has 0 bridgehead atoms. The Bertz CT molecular complexity index is 702. The lowest BCUT2D eigenvalue weighted by molar-refractivity contribution is -0.137. The summed E-state index contributed by atoms with van der Waals surface area (Å²) in [6, 6.07) is 3.56. The maximum atomic E-state index is 13.0. The summed E-state index contributed by atoms with van der Waals surface area (Å²) in [7, 11) is -3.83. The van der Waals surface area contributed by atoms with Crippen molar-refractivity contribution in [2.24, 2.45) is 0 Å². The van der Waals surface area contributed by atoms with Gasteiger partial charge in [0.1, 0.15) is 0 Å². The first kappa shape index (κ1) is 23.6. The van der Waals surface area contributed by atoms with Crippen LogP contribution in [0, 0.1) is 0 Å². The third-order valence-electron chi connectivity index (χ3n) is 5.03. The zero-order valence-corrected chi connectivity index (χ0v) is 18.3. The van der Waals surface area contributed by atoms with Crippen molar-refractivity contribution in [3.8, 4) is 0 Å². The van der Waals surface area contributed by atoms with Crippen molar-refractivity contribution in [2.45, 2.75) is 68.7 Å². The molecule has 1 aromatic carbocycles. The van der Waals surface area contributed by atoms with Crippen molar-refractivity contribution in [3.05, 3.63) is 29.8 Å². The number of hydrogen-bond acceptors (Lipinski definition) is 3. The average Bonchev–Trinajstić information content (AvgIpc) is 2.66. The van der Waals surface area contributed by atoms with E-state index in [0.717, 1.165) is 55.3 Å². The first-order valence-corrected chi connectivity index (χ1v) is 12.1. The van der Waals surface area contributed by atoms with Gasteiger partial charge in [-0.25, -0.2) is 8.42 Å². The van der Waals surface area contributed by atoms with E-state index in [-0.39, 0.29) is 23.6 Å². The molecule has 1 aromatic rings. The summed E-state index contributed by atoms with van der Waals surface area (Å²) < 4.78 is 71.4. The number of unbranched alkanes of at least 4 members (excludes halogenated alkanes) is 1. The topological polar surface area (TPSA) is 46.6 Å². The summed E-state index contributed by atoms with van der Waals surface area (Å²) >= 11 is 3.38. The molecule has 0 radical (unpaired) electrons. The van der Waals surface area contributed by atoms with Crippen LogP contribution in [0.3, 0.4) is 0 Å². The van der Waals surface area contributed by atoms with Gasteiger partial charge >= 0.3 is 6.18 Å². The molecule has 28 heavy (non-hydrogen) atoms. The zero-order chi connectivity index (χ0) is 20.8. The van der Waals surface area contributed by atoms with E-state index in [4.69, 9.17) is 4.74 Å². The van der Waals surface area contributed by atoms with Crippen LogP contribution in [0.4, 0.5) is 13.2 Å². The van der Waals surface area contributed by atoms with E-state index in [9.17, 15) is 21.6 Å². The van der Waals surface area contributed by atoms with Crippen LogP contribution in [0.1, 0.15) is 51.0 Å². The van der Waals surface area contributed by atoms with Gasteiger partial charge in [0, 0.05) is 24.5 Å². The number of sulfonamides is 1. The molecule has 1 aliphatic rings. The van der Waals surface area contributed by atoms with Crippen LogP contribution in [0.2, 0.25) is 0 Å². The lowest BCUT2D eigenvalue weighted by atomic mass is 9.93. The molecule has 0 saturated heterocycles. The van der Waals surface area contributed by atoms with E-state index in [2.05, 4.69) is 15.9 Å². The number of alkyl halides is 4. The first-order chi connectivity index (χ1) is 13.2. The van der Waals surface area contributed by atoms with Crippen molar-refractivity contribution in [3.63, 3.8) is 0 Å². The summed E-state index contributed by atoms with van der Waals surface area (Å²) in [5.41, 5.74) is -0.855. The van der Waals surface area contributed by atoms with Gasteiger partial charge in [0.05, 0.1) is 16.6 Å². The van der Waals surface area contributed by atoms with Crippen molar-refractivity contribution in [2.75, 3.05) is 18.5 Å². The molecule has 1 fully saturated rings. The van der Waals surface area contributed by atoms with Gasteiger partial charge < -0.3 is 4.74 Å². The molecule has 0 atom stereocenters. The summed E-state index contributed by atoms with van der Waals surface area (Å²) in [6.07, 6.45) is 0.682. The van der Waals surface area contributed by atoms with Crippen LogP contribution in [-0.4, -0.2) is 43.4 Å². The van der Waals surface area contributed by atoms with Gasteiger partial charge in [0.25, 0.3) is 0 Å². The maximum Gasteiger partial charge on any atom is 0.416 e. The van der Waals surface area contributed by atoms with Gasteiger partial charge in [-0.3, -0.25) is 0 Å². The summed E-state index contributed by atoms with van der Waals surface area (Å²) in [5.74, 6) is 0. The Labute approximate surface area is 173 Å². The van der Waals surface area contributed by atoms with Crippen LogP contribution in [0.25, 0.3) is 0 Å². The third kappa shape index (κ3) is 6.18. The lowest BCUT2D eigenvalue weighted by Gasteiger charge is -2.35. The average molecular weight is 486 g/mol. The van der Waals surface area contributed by atoms with Gasteiger partial charge in [-0.15, -0.1) is 0 Å². The highest BCUT2D eigenvalue weighted by Crippen LogP contribution is 2.32. The van der Waals surface area contributed by atoms with Crippen LogP contribution < -0.4 is 0 Å². The predicted octanol–water partition coefficient (Wildman–Crippen LogP) is 5.22. The fraction of sp³-hybridized carbons (Fsp3) is 0.684. The Morgan fingerprint density at radius 2 is 1.71 bits per heavy atom. The first-order valence-electron chi connectivity index (χ1n) is 9.56. The monoisotopic (exact) mass is 485 g/mol. The van der Waals surface area contributed by atoms with E-state index >= 15 is 0 Å². The van der Waals surface area contributed by atoms with Crippen molar-refractivity contribution in [1.29, 1.82) is 0 Å². The Morgan fingerprint density at radius 1 is 1.11 bits per heavy atom. The quantitative estimate of drug-likeness (QED) is 0.355. The SMILES string of the molecule is CCN([C@H]1CC[C@H](OCCCCBr)CC1)S(=O)(=O)c1ccc(C(F)(F)F)cc1. The summed E-state index contributed by atoms with van der Waals surface area (Å²) in [5, 5.41) is 0.955. The van der Waals surface area contributed by atoms with Crippen LogP contribution in [0.15, 0.2) is 29.2 Å². The minimum atomic E-state index is -4.49. The molecule has 1 saturated carbocycles. The maximum absolute atomic E-state index is 13.0. The number of rotatable bonds is 9. The largest absolute Gasteiger partial charge is 0.416 e. The van der Waals surface area contributed by atoms with E-state index < -0.39 is 21.8 Å². The number of hydrogen-bond donors (Lipinski definition) is 0. The molecule has 0 heterocycles. The highest BCUT2D eigenvalue weighted by Gasteiger charge is 2.35. The molecule has 0 aromatic heterocycles. The second kappa shape index (κ2) is 10.4. The molecule has 2 rings (SSSR count). The van der Waals surface area contributed by atoms with Gasteiger partial charge in [0.2, 0.25) is 10.0 Å². The lowest BCUT2D eigenvalue weighted by Crippen LogP contribution is -2.43. The molecule has 0 aliphatic heterocycles. The predicted molar refractivity (Wildman–Crippen MR) is 106 cm³/mol. The highest BCUT2D eigenvalue weighted by molar-refractivity contribution is 9.09. The minimum absolute atomic E-state index is 0.101. The standard InChI is InChI=1S/C19H27BrF3NO3S/c1-2-24(16-7-9-17(10-8-16)27-14-4-3-13-20)28(25,26)18-11-5-15(6-12-18)19(21,22)23/h5-6,11-12,16-17H,2-4,7-10,13-14H2,1H3/t16-,17-. The Hall–Kier alpha value is -0.640. The molecule has 0 N–H and O–H groups in total. The second-order valence-electron chi connectivity index (χ2n) is 6.93. The zero-order valence-electron chi connectivity index (χ0n) is 15.9. The molecule has 4 nitrogen and oxygen atoms in total. The Balaban J connectivity index is 2.00. The van der Waals surface area contributed by atoms with Crippen molar-refractivity contribution >= 4 is 26.0 Å². The molecular weight excluding hydrogens is 459 g/mol. The van der Waals surface area contributed by atoms with Crippen molar-refractivity contribution < 1.29 is 26.3 Å². The Kier molecular flexibility index (Phi) is 8.79. The number of benzene rings is 1. The normalized spacial score (nSPS) is 21.2. The van der Waals surface area contributed by atoms with Crippen molar-refractivity contribution in [1.82, 2.24) is 4.31 Å². The van der Waals surface area contributed by atoms with E-state index in [0.29, 0.717) is 19.4 Å². The second-order valence-corrected chi connectivity index (χ2v) is 9.61. The minimum Gasteiger partial charge on any atom is -0.378 e. The number of nitrogens with zero attached hydrogens (tertiary/aromatic N) is 1. The van der Waals surface area contributed by atoms with Gasteiger partial charge in [0.15, 0.2) is 0 Å². The fourth-order valence-corrected chi connectivity index (χ4v) is 5.61. The van der Waals surface area contributed by atoms with Crippen LogP contribution >= 0.6 is 15.9 Å². The van der Waals surface area contributed by atoms with Crippen LogP contribution in [-0.2, 0) is 20.9 Å². The molecule has 9 heteroatoms. The summed E-state index contributed by atoms with van der Waals surface area (Å²) in [6.45, 7) is 2.75. The molecule has 1 aliphatic carbocycles. The molecule has 0 spiro atoms. The smallest absolute Gasteiger partial charge is 0.378 e. The van der Waals surface area contributed by atoms with Gasteiger partial charge in [-0.05, 0) is 62.8 Å².